The average Bonchev–Trinajstić information content (AvgIpc) is 3.29. The van der Waals surface area contributed by atoms with E-state index >= 15 is 0 Å². The van der Waals surface area contributed by atoms with E-state index < -0.39 is 22.9 Å². The van der Waals surface area contributed by atoms with Crippen LogP contribution in [0.2, 0.25) is 5.02 Å². The highest BCUT2D eigenvalue weighted by Gasteiger charge is 2.21. The van der Waals surface area contributed by atoms with Crippen molar-refractivity contribution in [3.63, 3.8) is 0 Å². The lowest BCUT2D eigenvalue weighted by Gasteiger charge is -2.07. The molecule has 0 aliphatic heterocycles. The van der Waals surface area contributed by atoms with Crippen LogP contribution in [0.25, 0.3) is 16.8 Å². The van der Waals surface area contributed by atoms with Crippen molar-refractivity contribution in [2.75, 3.05) is 0 Å². The standard InChI is InChI=1S/C21H15ClF2N6O2/c1-27-11-17-18(25-27)19(31)28(9-12-5-7-13(23)8-6-12)20-26-29(21(32)30(17)20)10-14-15(22)3-2-4-16(14)24/h2-8,11H,9-10H2,1H3. The molecule has 3 aromatic heterocycles. The quantitative estimate of drug-likeness (QED) is 0.416. The van der Waals surface area contributed by atoms with E-state index in [1.807, 2.05) is 0 Å². The lowest BCUT2D eigenvalue weighted by molar-refractivity contribution is 0.577. The number of nitrogens with zero attached hydrogens (tertiary/aromatic N) is 6. The molecule has 0 spiro atoms. The summed E-state index contributed by atoms with van der Waals surface area (Å²) >= 11 is 6.12. The average molecular weight is 457 g/mol. The van der Waals surface area contributed by atoms with Crippen molar-refractivity contribution < 1.29 is 8.78 Å². The van der Waals surface area contributed by atoms with Crippen LogP contribution in [0.3, 0.4) is 0 Å². The number of hydrogen-bond acceptors (Lipinski definition) is 4. The van der Waals surface area contributed by atoms with E-state index in [4.69, 9.17) is 11.6 Å². The third-order valence-electron chi connectivity index (χ3n) is 5.19. The maximum atomic E-state index is 14.3. The third kappa shape index (κ3) is 3.19. The monoisotopic (exact) mass is 456 g/mol. The Kier molecular flexibility index (Phi) is 4.66. The first kappa shape index (κ1) is 20.1. The van der Waals surface area contributed by atoms with E-state index in [2.05, 4.69) is 10.2 Å². The van der Waals surface area contributed by atoms with Crippen LogP contribution in [-0.4, -0.2) is 28.5 Å². The predicted molar refractivity (Wildman–Crippen MR) is 114 cm³/mol. The molecule has 0 saturated heterocycles. The predicted octanol–water partition coefficient (Wildman–Crippen LogP) is 2.57. The molecule has 0 aliphatic carbocycles. The summed E-state index contributed by atoms with van der Waals surface area (Å²) in [5.74, 6) is -0.928. The van der Waals surface area contributed by atoms with Gasteiger partial charge in [0.2, 0.25) is 5.78 Å². The summed E-state index contributed by atoms with van der Waals surface area (Å²) < 4.78 is 32.6. The summed E-state index contributed by atoms with van der Waals surface area (Å²) in [5, 5.41) is 8.66. The molecule has 5 aromatic rings. The summed E-state index contributed by atoms with van der Waals surface area (Å²) in [4.78, 5) is 26.4. The molecular formula is C21H15ClF2N6O2. The molecule has 11 heteroatoms. The highest BCUT2D eigenvalue weighted by Crippen LogP contribution is 2.20. The Bertz CT molecular complexity index is 1590. The largest absolute Gasteiger partial charge is 0.352 e. The number of fused-ring (bicyclic) bond motifs is 3. The van der Waals surface area contributed by atoms with E-state index in [-0.39, 0.29) is 40.5 Å². The molecule has 0 saturated carbocycles. The molecule has 0 bridgehead atoms. The van der Waals surface area contributed by atoms with Crippen molar-refractivity contribution in [1.29, 1.82) is 0 Å². The van der Waals surface area contributed by atoms with Gasteiger partial charge in [-0.1, -0.05) is 29.8 Å². The lowest BCUT2D eigenvalue weighted by Crippen LogP contribution is -2.27. The number of aryl methyl sites for hydroxylation is 1. The Morgan fingerprint density at radius 1 is 1.00 bits per heavy atom. The van der Waals surface area contributed by atoms with Crippen molar-refractivity contribution in [2.24, 2.45) is 7.05 Å². The van der Waals surface area contributed by atoms with Crippen molar-refractivity contribution in [2.45, 2.75) is 13.1 Å². The molecule has 0 fully saturated rings. The zero-order valence-corrected chi connectivity index (χ0v) is 17.4. The normalized spacial score (nSPS) is 11.6. The van der Waals surface area contributed by atoms with Crippen LogP contribution in [0.15, 0.2) is 58.3 Å². The van der Waals surface area contributed by atoms with Crippen molar-refractivity contribution >= 4 is 28.4 Å². The molecule has 8 nitrogen and oxygen atoms in total. The SMILES string of the molecule is Cn1cc2c(n1)c(=O)n(Cc1ccc(F)cc1)c1nn(Cc3c(F)cccc3Cl)c(=O)n21. The Hall–Kier alpha value is -3.79. The van der Waals surface area contributed by atoms with Crippen molar-refractivity contribution in [3.05, 3.63) is 97.3 Å². The van der Waals surface area contributed by atoms with Crippen LogP contribution in [-0.2, 0) is 20.1 Å². The molecule has 2 aromatic carbocycles. The van der Waals surface area contributed by atoms with Gasteiger partial charge in [0.05, 0.1) is 13.1 Å². The number of benzene rings is 2. The second kappa shape index (κ2) is 7.41. The summed E-state index contributed by atoms with van der Waals surface area (Å²) in [5.41, 5.74) is 0.0504. The molecule has 0 aliphatic rings. The highest BCUT2D eigenvalue weighted by molar-refractivity contribution is 6.31. The van der Waals surface area contributed by atoms with Crippen molar-refractivity contribution in [1.82, 2.24) is 28.5 Å². The van der Waals surface area contributed by atoms with Gasteiger partial charge in [0.25, 0.3) is 5.56 Å². The maximum Gasteiger partial charge on any atom is 0.352 e. The fourth-order valence-corrected chi connectivity index (χ4v) is 3.87. The van der Waals surface area contributed by atoms with E-state index in [0.29, 0.717) is 5.56 Å². The van der Waals surface area contributed by atoms with E-state index in [9.17, 15) is 18.4 Å². The Labute approximate surface area is 183 Å². The first-order valence-electron chi connectivity index (χ1n) is 9.56. The third-order valence-corrected chi connectivity index (χ3v) is 5.54. The number of aromatic nitrogens is 6. The second-order valence-corrected chi connectivity index (χ2v) is 7.74. The maximum absolute atomic E-state index is 14.3. The highest BCUT2D eigenvalue weighted by atomic mass is 35.5. The zero-order chi connectivity index (χ0) is 22.6. The summed E-state index contributed by atoms with van der Waals surface area (Å²) in [6.45, 7) is -0.190. The number of hydrogen-bond donors (Lipinski definition) is 0. The van der Waals surface area contributed by atoms with Crippen LogP contribution in [0, 0.1) is 11.6 Å². The topological polar surface area (TPSA) is 79.1 Å². The van der Waals surface area contributed by atoms with E-state index in [1.54, 1.807) is 7.05 Å². The smallest absolute Gasteiger partial charge is 0.273 e. The fourth-order valence-electron chi connectivity index (χ4n) is 3.64. The molecule has 3 heterocycles. The van der Waals surface area contributed by atoms with Gasteiger partial charge in [-0.2, -0.15) is 5.10 Å². The summed E-state index contributed by atoms with van der Waals surface area (Å²) in [6.07, 6.45) is 1.54. The first-order valence-corrected chi connectivity index (χ1v) is 9.94. The molecule has 0 N–H and O–H groups in total. The minimum absolute atomic E-state index is 0.0338. The number of halogens is 3. The van der Waals surface area contributed by atoms with Gasteiger partial charge in [-0.05, 0) is 29.8 Å². The van der Waals surface area contributed by atoms with Crippen LogP contribution < -0.4 is 11.2 Å². The zero-order valence-electron chi connectivity index (χ0n) is 16.7. The van der Waals surface area contributed by atoms with Crippen LogP contribution in [0.5, 0.6) is 0 Å². The van der Waals surface area contributed by atoms with Gasteiger partial charge in [0, 0.05) is 23.8 Å². The van der Waals surface area contributed by atoms with Gasteiger partial charge in [-0.25, -0.2) is 22.7 Å². The summed E-state index contributed by atoms with van der Waals surface area (Å²) in [6, 6.07) is 9.86. The Balaban J connectivity index is 1.76. The van der Waals surface area contributed by atoms with Crippen LogP contribution >= 0.6 is 11.6 Å². The summed E-state index contributed by atoms with van der Waals surface area (Å²) in [7, 11) is 1.63. The lowest BCUT2D eigenvalue weighted by atomic mass is 10.2. The van der Waals surface area contributed by atoms with Crippen molar-refractivity contribution in [3.8, 4) is 0 Å². The molecule has 0 unspecified atom stereocenters. The van der Waals surface area contributed by atoms with Gasteiger partial charge in [0.15, 0.2) is 5.52 Å². The van der Waals surface area contributed by atoms with Gasteiger partial charge >= 0.3 is 5.69 Å². The molecule has 162 valence electrons. The Morgan fingerprint density at radius 2 is 1.75 bits per heavy atom. The molecular weight excluding hydrogens is 442 g/mol. The molecule has 0 amide bonds. The molecule has 32 heavy (non-hydrogen) atoms. The van der Waals surface area contributed by atoms with Gasteiger partial charge in [-0.15, -0.1) is 5.10 Å². The minimum Gasteiger partial charge on any atom is -0.273 e. The molecule has 5 rings (SSSR count). The van der Waals surface area contributed by atoms with Gasteiger partial charge in [-0.3, -0.25) is 14.0 Å². The fraction of sp³-hybridized carbons (Fsp3) is 0.143. The number of rotatable bonds is 4. The molecule has 0 atom stereocenters. The van der Waals surface area contributed by atoms with E-state index in [0.717, 1.165) is 4.68 Å². The van der Waals surface area contributed by atoms with Crippen LogP contribution in [0.4, 0.5) is 8.78 Å². The van der Waals surface area contributed by atoms with E-state index in [1.165, 1.54) is 62.3 Å². The minimum atomic E-state index is -0.579. The van der Waals surface area contributed by atoms with Gasteiger partial charge < -0.3 is 0 Å². The van der Waals surface area contributed by atoms with Gasteiger partial charge in [0.1, 0.15) is 17.2 Å². The Morgan fingerprint density at radius 3 is 2.47 bits per heavy atom. The molecule has 0 radical (unpaired) electrons. The van der Waals surface area contributed by atoms with Crippen LogP contribution in [0.1, 0.15) is 11.1 Å². The first-order chi connectivity index (χ1) is 15.3. The second-order valence-electron chi connectivity index (χ2n) is 7.33.